The Bertz CT molecular complexity index is 919. The lowest BCUT2D eigenvalue weighted by Crippen LogP contribution is -2.52. The highest BCUT2D eigenvalue weighted by atomic mass is 32.1. The van der Waals surface area contributed by atoms with Crippen LogP contribution < -0.4 is 5.32 Å². The zero-order valence-electron chi connectivity index (χ0n) is 15.9. The van der Waals surface area contributed by atoms with Gasteiger partial charge in [0.15, 0.2) is 0 Å². The van der Waals surface area contributed by atoms with Crippen molar-refractivity contribution in [2.75, 3.05) is 45.9 Å². The molecule has 4 heterocycles. The predicted molar refractivity (Wildman–Crippen MR) is 109 cm³/mol. The van der Waals surface area contributed by atoms with Gasteiger partial charge < -0.3 is 15.0 Å². The highest BCUT2D eigenvalue weighted by Gasteiger charge is 2.30. The van der Waals surface area contributed by atoms with Crippen molar-refractivity contribution in [3.63, 3.8) is 0 Å². The number of carbonyl (C=O) groups is 2. The second kappa shape index (κ2) is 7.46. The monoisotopic (exact) mass is 399 g/mol. The fourth-order valence-electron chi connectivity index (χ4n) is 4.66. The van der Waals surface area contributed by atoms with E-state index in [-0.39, 0.29) is 11.8 Å². The normalized spacial score (nSPS) is 23.5. The summed E-state index contributed by atoms with van der Waals surface area (Å²) in [5.74, 6) is 0.125. The molecule has 1 N–H and O–H groups in total. The first-order chi connectivity index (χ1) is 13.7. The molecule has 0 aliphatic carbocycles. The highest BCUT2D eigenvalue weighted by Crippen LogP contribution is 2.34. The Morgan fingerprint density at radius 1 is 1.21 bits per heavy atom. The van der Waals surface area contributed by atoms with Gasteiger partial charge >= 0.3 is 0 Å². The fourth-order valence-corrected chi connectivity index (χ4v) is 5.81. The number of amides is 2. The van der Waals surface area contributed by atoms with E-state index in [1.165, 1.54) is 11.3 Å². The van der Waals surface area contributed by atoms with E-state index >= 15 is 0 Å². The van der Waals surface area contributed by atoms with Gasteiger partial charge in [-0.15, -0.1) is 11.3 Å². The number of benzene rings is 1. The summed E-state index contributed by atoms with van der Waals surface area (Å²) in [4.78, 5) is 30.6. The summed E-state index contributed by atoms with van der Waals surface area (Å²) < 4.78 is 6.56. The molecule has 2 aromatic rings. The van der Waals surface area contributed by atoms with Crippen molar-refractivity contribution >= 4 is 33.2 Å². The number of likely N-dealkylation sites (tertiary alicyclic amines) is 1. The summed E-state index contributed by atoms with van der Waals surface area (Å²) in [6.07, 6.45) is 3.03. The minimum Gasteiger partial charge on any atom is -0.379 e. The van der Waals surface area contributed by atoms with Gasteiger partial charge in [-0.1, -0.05) is 0 Å². The first-order valence-electron chi connectivity index (χ1n) is 10.2. The van der Waals surface area contributed by atoms with E-state index < -0.39 is 0 Å². The molecule has 7 heteroatoms. The van der Waals surface area contributed by atoms with Gasteiger partial charge in [0.05, 0.1) is 18.1 Å². The summed E-state index contributed by atoms with van der Waals surface area (Å²) in [5, 5.41) is 3.98. The molecule has 1 aromatic carbocycles. The van der Waals surface area contributed by atoms with E-state index in [1.807, 2.05) is 23.1 Å². The predicted octanol–water partition coefficient (Wildman–Crippen LogP) is 2.12. The molecule has 6 nitrogen and oxygen atoms in total. The first-order valence-corrected chi connectivity index (χ1v) is 11.0. The molecule has 2 amide bonds. The zero-order valence-corrected chi connectivity index (χ0v) is 16.7. The van der Waals surface area contributed by atoms with Crippen LogP contribution in [0.2, 0.25) is 0 Å². The van der Waals surface area contributed by atoms with E-state index in [9.17, 15) is 9.59 Å². The van der Waals surface area contributed by atoms with Crippen LogP contribution in [-0.2, 0) is 11.2 Å². The van der Waals surface area contributed by atoms with E-state index in [4.69, 9.17) is 4.74 Å². The van der Waals surface area contributed by atoms with Crippen LogP contribution in [0.5, 0.6) is 0 Å². The lowest BCUT2D eigenvalue weighted by molar-refractivity contribution is -0.00120. The van der Waals surface area contributed by atoms with Gasteiger partial charge in [0.1, 0.15) is 0 Å². The second-order valence-corrected chi connectivity index (χ2v) is 8.87. The van der Waals surface area contributed by atoms with E-state index in [2.05, 4.69) is 10.2 Å². The molecule has 2 fully saturated rings. The molecule has 0 saturated carbocycles. The van der Waals surface area contributed by atoms with Crippen molar-refractivity contribution in [3.8, 4) is 0 Å². The smallest absolute Gasteiger partial charge is 0.261 e. The summed E-state index contributed by atoms with van der Waals surface area (Å²) >= 11 is 1.53. The van der Waals surface area contributed by atoms with Crippen molar-refractivity contribution in [2.24, 2.45) is 0 Å². The van der Waals surface area contributed by atoms with Gasteiger partial charge in [0, 0.05) is 49.0 Å². The quantitative estimate of drug-likeness (QED) is 0.840. The lowest BCUT2D eigenvalue weighted by Gasteiger charge is -2.40. The minimum atomic E-state index is 0.0136. The SMILES string of the molecule is O=C1NCCc2c1sc1ccc(C(=O)N3CCC[C@@H](N4CCOCC4)C3)cc21. The van der Waals surface area contributed by atoms with E-state index in [1.54, 1.807) is 0 Å². The Labute approximate surface area is 168 Å². The van der Waals surface area contributed by atoms with Gasteiger partial charge in [-0.05, 0) is 48.4 Å². The molecule has 2 saturated heterocycles. The summed E-state index contributed by atoms with van der Waals surface area (Å²) in [6.45, 7) is 5.78. The molecular weight excluding hydrogens is 374 g/mol. The number of piperidine rings is 1. The van der Waals surface area contributed by atoms with Gasteiger partial charge in [0.25, 0.3) is 11.8 Å². The van der Waals surface area contributed by atoms with Crippen LogP contribution in [0.4, 0.5) is 0 Å². The number of thiophene rings is 1. The molecule has 0 spiro atoms. The van der Waals surface area contributed by atoms with Crippen LogP contribution in [-0.4, -0.2) is 73.6 Å². The molecule has 148 valence electrons. The van der Waals surface area contributed by atoms with Gasteiger partial charge in [-0.25, -0.2) is 0 Å². The minimum absolute atomic E-state index is 0.0136. The third kappa shape index (κ3) is 3.21. The summed E-state index contributed by atoms with van der Waals surface area (Å²) in [7, 11) is 0. The largest absolute Gasteiger partial charge is 0.379 e. The van der Waals surface area contributed by atoms with Crippen LogP contribution in [0, 0.1) is 0 Å². The maximum atomic E-state index is 13.2. The number of morpholine rings is 1. The number of ether oxygens (including phenoxy) is 1. The van der Waals surface area contributed by atoms with Crippen molar-refractivity contribution in [1.29, 1.82) is 0 Å². The molecule has 28 heavy (non-hydrogen) atoms. The Kier molecular flexibility index (Phi) is 4.82. The average Bonchev–Trinajstić information content (AvgIpc) is 3.13. The number of nitrogens with one attached hydrogen (secondary N) is 1. The standard InChI is InChI=1S/C21H25N3O3S/c25-20-19-16(5-6-22-20)17-12-14(3-4-18(17)28-19)21(26)24-7-1-2-15(13-24)23-8-10-27-11-9-23/h3-4,12,15H,1-2,5-11,13H2,(H,22,25)/t15-/m1/s1. The Morgan fingerprint density at radius 2 is 2.07 bits per heavy atom. The molecule has 0 unspecified atom stereocenters. The Hall–Kier alpha value is -1.96. The summed E-state index contributed by atoms with van der Waals surface area (Å²) in [5.41, 5.74) is 1.84. The number of rotatable bonds is 2. The number of hydrogen-bond acceptors (Lipinski definition) is 5. The van der Waals surface area contributed by atoms with Gasteiger partial charge in [-0.2, -0.15) is 0 Å². The molecule has 0 radical (unpaired) electrons. The van der Waals surface area contributed by atoms with Crippen LogP contribution in [0.3, 0.4) is 0 Å². The maximum absolute atomic E-state index is 13.2. The molecular formula is C21H25N3O3S. The van der Waals surface area contributed by atoms with E-state index in [0.717, 1.165) is 84.7 Å². The van der Waals surface area contributed by atoms with Gasteiger partial charge in [-0.3, -0.25) is 14.5 Å². The van der Waals surface area contributed by atoms with Crippen LogP contribution in [0.1, 0.15) is 38.4 Å². The number of fused-ring (bicyclic) bond motifs is 3. The lowest BCUT2D eigenvalue weighted by atomic mass is 10.0. The van der Waals surface area contributed by atoms with Gasteiger partial charge in [0.2, 0.25) is 0 Å². The molecule has 1 atom stereocenters. The number of hydrogen-bond donors (Lipinski definition) is 1. The molecule has 1 aromatic heterocycles. The van der Waals surface area contributed by atoms with Crippen molar-refractivity contribution in [1.82, 2.24) is 15.1 Å². The maximum Gasteiger partial charge on any atom is 0.261 e. The highest BCUT2D eigenvalue weighted by molar-refractivity contribution is 7.21. The fraction of sp³-hybridized carbons (Fsp3) is 0.524. The Morgan fingerprint density at radius 3 is 2.93 bits per heavy atom. The third-order valence-corrected chi connectivity index (χ3v) is 7.36. The Balaban J connectivity index is 1.38. The molecule has 3 aliphatic heterocycles. The number of nitrogens with zero attached hydrogens (tertiary/aromatic N) is 2. The van der Waals surface area contributed by atoms with E-state index in [0.29, 0.717) is 12.6 Å². The average molecular weight is 400 g/mol. The topological polar surface area (TPSA) is 61.9 Å². The van der Waals surface area contributed by atoms with Crippen LogP contribution in [0.25, 0.3) is 10.1 Å². The van der Waals surface area contributed by atoms with Crippen molar-refractivity contribution in [2.45, 2.75) is 25.3 Å². The third-order valence-electron chi connectivity index (χ3n) is 6.15. The van der Waals surface area contributed by atoms with Crippen LogP contribution in [0.15, 0.2) is 18.2 Å². The molecule has 5 rings (SSSR count). The van der Waals surface area contributed by atoms with Crippen molar-refractivity contribution < 1.29 is 14.3 Å². The zero-order chi connectivity index (χ0) is 19.1. The summed E-state index contributed by atoms with van der Waals surface area (Å²) in [6, 6.07) is 6.36. The first kappa shape index (κ1) is 18.1. The molecule has 3 aliphatic rings. The van der Waals surface area contributed by atoms with Crippen LogP contribution >= 0.6 is 11.3 Å². The molecule has 0 bridgehead atoms. The number of carbonyl (C=O) groups excluding carboxylic acids is 2. The second-order valence-electron chi connectivity index (χ2n) is 7.82. The van der Waals surface area contributed by atoms with Crippen molar-refractivity contribution in [3.05, 3.63) is 34.2 Å².